The molecular formula is C12H13FO. The van der Waals surface area contributed by atoms with Gasteiger partial charge in [0.05, 0.1) is 6.10 Å². The normalized spacial score (nSPS) is 11.7. The number of rotatable bonds is 2. The highest BCUT2D eigenvalue weighted by Crippen LogP contribution is 2.20. The van der Waals surface area contributed by atoms with E-state index in [-0.39, 0.29) is 5.82 Å². The van der Waals surface area contributed by atoms with Crippen LogP contribution in [0, 0.1) is 24.6 Å². The van der Waals surface area contributed by atoms with Gasteiger partial charge in [0.15, 0.2) is 0 Å². The van der Waals surface area contributed by atoms with E-state index in [2.05, 4.69) is 11.8 Å². The SMILES string of the molecule is CC#CCC(O)c1ccc(F)cc1C. The summed E-state index contributed by atoms with van der Waals surface area (Å²) in [5, 5.41) is 9.70. The van der Waals surface area contributed by atoms with Gasteiger partial charge in [-0.3, -0.25) is 0 Å². The molecule has 14 heavy (non-hydrogen) atoms. The smallest absolute Gasteiger partial charge is 0.123 e. The van der Waals surface area contributed by atoms with Crippen molar-refractivity contribution >= 4 is 0 Å². The lowest BCUT2D eigenvalue weighted by Crippen LogP contribution is -1.99. The summed E-state index contributed by atoms with van der Waals surface area (Å²) in [7, 11) is 0. The Hall–Kier alpha value is -1.33. The lowest BCUT2D eigenvalue weighted by molar-refractivity contribution is 0.183. The van der Waals surface area contributed by atoms with E-state index in [1.54, 1.807) is 19.9 Å². The second-order valence-electron chi connectivity index (χ2n) is 3.15. The van der Waals surface area contributed by atoms with Gasteiger partial charge in [0.2, 0.25) is 0 Å². The second-order valence-corrected chi connectivity index (χ2v) is 3.15. The third-order valence-corrected chi connectivity index (χ3v) is 2.06. The maximum atomic E-state index is 12.8. The lowest BCUT2D eigenvalue weighted by atomic mass is 10.0. The molecule has 1 atom stereocenters. The van der Waals surface area contributed by atoms with Crippen LogP contribution in [0.5, 0.6) is 0 Å². The Bertz CT molecular complexity index is 374. The van der Waals surface area contributed by atoms with Crippen LogP contribution in [0.4, 0.5) is 4.39 Å². The van der Waals surface area contributed by atoms with Crippen LogP contribution in [0.1, 0.15) is 30.6 Å². The Morgan fingerprint density at radius 1 is 1.50 bits per heavy atom. The van der Waals surface area contributed by atoms with Crippen LogP contribution in [-0.2, 0) is 0 Å². The molecule has 0 radical (unpaired) electrons. The highest BCUT2D eigenvalue weighted by atomic mass is 19.1. The van der Waals surface area contributed by atoms with Gasteiger partial charge in [-0.25, -0.2) is 4.39 Å². The quantitative estimate of drug-likeness (QED) is 0.714. The number of aliphatic hydroxyl groups excluding tert-OH is 1. The maximum absolute atomic E-state index is 12.8. The summed E-state index contributed by atoms with van der Waals surface area (Å²) in [5.74, 6) is 5.23. The van der Waals surface area contributed by atoms with E-state index in [1.165, 1.54) is 12.1 Å². The van der Waals surface area contributed by atoms with E-state index >= 15 is 0 Å². The van der Waals surface area contributed by atoms with E-state index in [0.29, 0.717) is 6.42 Å². The minimum atomic E-state index is -0.622. The van der Waals surface area contributed by atoms with Crippen LogP contribution in [0.3, 0.4) is 0 Å². The molecule has 2 heteroatoms. The van der Waals surface area contributed by atoms with Crippen molar-refractivity contribution in [2.24, 2.45) is 0 Å². The van der Waals surface area contributed by atoms with Gasteiger partial charge in [-0.2, -0.15) is 0 Å². The van der Waals surface area contributed by atoms with Crippen molar-refractivity contribution in [2.75, 3.05) is 0 Å². The average molecular weight is 192 g/mol. The molecule has 1 aromatic carbocycles. The third-order valence-electron chi connectivity index (χ3n) is 2.06. The fourth-order valence-corrected chi connectivity index (χ4v) is 1.32. The van der Waals surface area contributed by atoms with Crippen LogP contribution in [0.2, 0.25) is 0 Å². The molecule has 0 fully saturated rings. The number of benzene rings is 1. The molecule has 0 aliphatic heterocycles. The molecule has 0 bridgehead atoms. The van der Waals surface area contributed by atoms with Crippen molar-refractivity contribution in [3.63, 3.8) is 0 Å². The second kappa shape index (κ2) is 4.78. The molecule has 1 N–H and O–H groups in total. The maximum Gasteiger partial charge on any atom is 0.123 e. The summed E-state index contributed by atoms with van der Waals surface area (Å²) in [4.78, 5) is 0. The molecule has 0 aliphatic rings. The Balaban J connectivity index is 2.88. The molecule has 0 aliphatic carbocycles. The summed E-state index contributed by atoms with van der Waals surface area (Å²) in [5.41, 5.74) is 1.50. The topological polar surface area (TPSA) is 20.2 Å². The Labute approximate surface area is 83.6 Å². The molecule has 74 valence electrons. The standard InChI is InChI=1S/C12H13FO/c1-3-4-5-12(14)11-7-6-10(13)8-9(11)2/h6-8,12,14H,5H2,1-2H3. The van der Waals surface area contributed by atoms with Gasteiger partial charge in [0.25, 0.3) is 0 Å². The molecule has 0 saturated heterocycles. The fraction of sp³-hybridized carbons (Fsp3) is 0.333. The minimum Gasteiger partial charge on any atom is -0.387 e. The highest BCUT2D eigenvalue weighted by Gasteiger charge is 2.09. The lowest BCUT2D eigenvalue weighted by Gasteiger charge is -2.10. The predicted octanol–water partition coefficient (Wildman–Crippen LogP) is 2.58. The molecule has 0 spiro atoms. The highest BCUT2D eigenvalue weighted by molar-refractivity contribution is 5.29. The Kier molecular flexibility index (Phi) is 3.67. The summed E-state index contributed by atoms with van der Waals surface area (Å²) < 4.78 is 12.8. The van der Waals surface area contributed by atoms with E-state index in [4.69, 9.17) is 0 Å². The van der Waals surface area contributed by atoms with Crippen molar-refractivity contribution in [1.29, 1.82) is 0 Å². The first kappa shape index (κ1) is 10.7. The molecular weight excluding hydrogens is 179 g/mol. The number of hydrogen-bond donors (Lipinski definition) is 1. The van der Waals surface area contributed by atoms with Gasteiger partial charge in [0.1, 0.15) is 5.82 Å². The number of halogens is 1. The van der Waals surface area contributed by atoms with Gasteiger partial charge < -0.3 is 5.11 Å². The van der Waals surface area contributed by atoms with Crippen LogP contribution >= 0.6 is 0 Å². The molecule has 1 nitrogen and oxygen atoms in total. The summed E-state index contributed by atoms with van der Waals surface area (Å²) in [6, 6.07) is 4.37. The van der Waals surface area contributed by atoms with Gasteiger partial charge in [0, 0.05) is 6.42 Å². The number of hydrogen-bond acceptors (Lipinski definition) is 1. The first-order valence-electron chi connectivity index (χ1n) is 4.49. The van der Waals surface area contributed by atoms with E-state index in [9.17, 15) is 9.50 Å². The van der Waals surface area contributed by atoms with Crippen molar-refractivity contribution in [2.45, 2.75) is 26.4 Å². The molecule has 0 heterocycles. The van der Waals surface area contributed by atoms with Gasteiger partial charge in [-0.05, 0) is 37.1 Å². The van der Waals surface area contributed by atoms with E-state index in [0.717, 1.165) is 11.1 Å². The fourth-order valence-electron chi connectivity index (χ4n) is 1.32. The first-order valence-corrected chi connectivity index (χ1v) is 4.49. The van der Waals surface area contributed by atoms with Crippen molar-refractivity contribution in [1.82, 2.24) is 0 Å². The zero-order valence-electron chi connectivity index (χ0n) is 8.34. The molecule has 1 aromatic rings. The van der Waals surface area contributed by atoms with Crippen LogP contribution in [-0.4, -0.2) is 5.11 Å². The van der Waals surface area contributed by atoms with Gasteiger partial charge in [-0.1, -0.05) is 6.07 Å². The molecule has 1 rings (SSSR count). The first-order chi connectivity index (χ1) is 6.65. The molecule has 0 saturated carbocycles. The van der Waals surface area contributed by atoms with Crippen LogP contribution in [0.25, 0.3) is 0 Å². The van der Waals surface area contributed by atoms with Crippen molar-refractivity contribution < 1.29 is 9.50 Å². The van der Waals surface area contributed by atoms with Gasteiger partial charge in [-0.15, -0.1) is 11.8 Å². The number of aryl methyl sites for hydroxylation is 1. The average Bonchev–Trinajstić information content (AvgIpc) is 2.14. The zero-order chi connectivity index (χ0) is 10.6. The molecule has 0 aromatic heterocycles. The summed E-state index contributed by atoms with van der Waals surface area (Å²) in [6.45, 7) is 3.51. The Morgan fingerprint density at radius 3 is 2.79 bits per heavy atom. The van der Waals surface area contributed by atoms with Crippen molar-refractivity contribution in [3.8, 4) is 11.8 Å². The molecule has 1 unspecified atom stereocenters. The van der Waals surface area contributed by atoms with Crippen LogP contribution < -0.4 is 0 Å². The monoisotopic (exact) mass is 192 g/mol. The van der Waals surface area contributed by atoms with E-state index < -0.39 is 6.10 Å². The summed E-state index contributed by atoms with van der Waals surface area (Å²) >= 11 is 0. The Morgan fingerprint density at radius 2 is 2.21 bits per heavy atom. The number of aliphatic hydroxyl groups is 1. The minimum absolute atomic E-state index is 0.278. The van der Waals surface area contributed by atoms with E-state index in [1.807, 2.05) is 0 Å². The third kappa shape index (κ3) is 2.58. The molecule has 0 amide bonds. The largest absolute Gasteiger partial charge is 0.387 e. The van der Waals surface area contributed by atoms with Crippen LogP contribution in [0.15, 0.2) is 18.2 Å². The van der Waals surface area contributed by atoms with Gasteiger partial charge >= 0.3 is 0 Å². The van der Waals surface area contributed by atoms with Crippen molar-refractivity contribution in [3.05, 3.63) is 35.1 Å². The summed E-state index contributed by atoms with van der Waals surface area (Å²) in [6.07, 6.45) is -0.230. The zero-order valence-corrected chi connectivity index (χ0v) is 8.34. The predicted molar refractivity (Wildman–Crippen MR) is 54.2 cm³/mol.